The molecule has 2 aromatic rings. The SMILES string of the molecule is CCN(CC)c1ccc(CN(Cc2ccc(F)cc2)C(=O)NC(C)C)c(OS(=O)(=O)CC)c1. The summed E-state index contributed by atoms with van der Waals surface area (Å²) in [6, 6.07) is 10.9. The zero-order chi connectivity index (χ0) is 24.6. The van der Waals surface area contributed by atoms with Gasteiger partial charge in [0.25, 0.3) is 0 Å². The van der Waals surface area contributed by atoms with Gasteiger partial charge in [-0.15, -0.1) is 0 Å². The van der Waals surface area contributed by atoms with Crippen LogP contribution in [0.2, 0.25) is 0 Å². The molecule has 182 valence electrons. The van der Waals surface area contributed by atoms with E-state index in [1.54, 1.807) is 29.2 Å². The van der Waals surface area contributed by atoms with E-state index < -0.39 is 10.1 Å². The van der Waals surface area contributed by atoms with Crippen LogP contribution in [0.4, 0.5) is 14.9 Å². The number of hydrogen-bond donors (Lipinski definition) is 1. The lowest BCUT2D eigenvalue weighted by Gasteiger charge is -2.27. The fraction of sp³-hybridized carbons (Fsp3) is 0.458. The Balaban J connectivity index is 2.44. The van der Waals surface area contributed by atoms with Crippen molar-refractivity contribution in [2.75, 3.05) is 23.7 Å². The Labute approximate surface area is 196 Å². The van der Waals surface area contributed by atoms with E-state index in [1.165, 1.54) is 19.1 Å². The second-order valence-electron chi connectivity index (χ2n) is 7.98. The molecular weight excluding hydrogens is 445 g/mol. The number of rotatable bonds is 11. The molecule has 0 unspecified atom stereocenters. The van der Waals surface area contributed by atoms with Crippen LogP contribution in [0.5, 0.6) is 5.75 Å². The minimum Gasteiger partial charge on any atom is -0.382 e. The predicted molar refractivity (Wildman–Crippen MR) is 129 cm³/mol. The van der Waals surface area contributed by atoms with Crippen LogP contribution >= 0.6 is 0 Å². The highest BCUT2D eigenvalue weighted by molar-refractivity contribution is 7.87. The molecule has 1 N–H and O–H groups in total. The topological polar surface area (TPSA) is 79.0 Å². The predicted octanol–water partition coefficient (Wildman–Crippen LogP) is 4.52. The Morgan fingerprint density at radius 2 is 1.67 bits per heavy atom. The van der Waals surface area contributed by atoms with Crippen LogP contribution < -0.4 is 14.4 Å². The van der Waals surface area contributed by atoms with Crippen LogP contribution in [0.25, 0.3) is 0 Å². The van der Waals surface area contributed by atoms with Crippen molar-refractivity contribution in [3.8, 4) is 5.75 Å². The fourth-order valence-corrected chi connectivity index (χ4v) is 3.83. The highest BCUT2D eigenvalue weighted by Crippen LogP contribution is 2.29. The van der Waals surface area contributed by atoms with Gasteiger partial charge in [-0.25, -0.2) is 9.18 Å². The number of carbonyl (C=O) groups is 1. The number of urea groups is 1. The summed E-state index contributed by atoms with van der Waals surface area (Å²) in [6.07, 6.45) is 0. The molecule has 0 spiro atoms. The molecule has 9 heteroatoms. The van der Waals surface area contributed by atoms with Crippen molar-refractivity contribution in [2.45, 2.75) is 53.8 Å². The number of anilines is 1. The minimum atomic E-state index is -3.77. The summed E-state index contributed by atoms with van der Waals surface area (Å²) >= 11 is 0. The number of carbonyl (C=O) groups excluding carboxylic acids is 1. The Bertz CT molecular complexity index is 1020. The van der Waals surface area contributed by atoms with E-state index >= 15 is 0 Å². The van der Waals surface area contributed by atoms with Gasteiger partial charge < -0.3 is 19.3 Å². The molecule has 0 bridgehead atoms. The van der Waals surface area contributed by atoms with Gasteiger partial charge in [-0.3, -0.25) is 0 Å². The third kappa shape index (κ3) is 7.92. The van der Waals surface area contributed by atoms with Gasteiger partial charge in [-0.1, -0.05) is 18.2 Å². The van der Waals surface area contributed by atoms with Gasteiger partial charge in [-0.2, -0.15) is 8.42 Å². The lowest BCUT2D eigenvalue weighted by molar-refractivity contribution is 0.189. The van der Waals surface area contributed by atoms with E-state index in [-0.39, 0.29) is 42.5 Å². The van der Waals surface area contributed by atoms with Gasteiger partial charge in [0.1, 0.15) is 11.6 Å². The van der Waals surface area contributed by atoms with Crippen molar-refractivity contribution in [3.63, 3.8) is 0 Å². The zero-order valence-corrected chi connectivity index (χ0v) is 20.8. The monoisotopic (exact) mass is 479 g/mol. The number of nitrogens with zero attached hydrogens (tertiary/aromatic N) is 2. The van der Waals surface area contributed by atoms with Crippen molar-refractivity contribution in [1.82, 2.24) is 10.2 Å². The van der Waals surface area contributed by atoms with E-state index in [9.17, 15) is 17.6 Å². The standard InChI is InChI=1S/C24H34FN3O4S/c1-6-27(7-2)22-14-11-20(23(15-22)32-33(30,31)8-3)17-28(24(29)26-18(4)5)16-19-9-12-21(25)13-10-19/h9-15,18H,6-8,16-17H2,1-5H3,(H,26,29). The summed E-state index contributed by atoms with van der Waals surface area (Å²) in [4.78, 5) is 16.6. The molecule has 0 saturated carbocycles. The number of halogens is 1. The Kier molecular flexibility index (Phi) is 9.52. The van der Waals surface area contributed by atoms with Crippen LogP contribution in [0.15, 0.2) is 42.5 Å². The third-order valence-electron chi connectivity index (χ3n) is 5.10. The summed E-state index contributed by atoms with van der Waals surface area (Å²) in [5.41, 5.74) is 2.14. The molecule has 2 aromatic carbocycles. The van der Waals surface area contributed by atoms with Crippen LogP contribution in [-0.2, 0) is 23.2 Å². The first-order valence-electron chi connectivity index (χ1n) is 11.2. The summed E-state index contributed by atoms with van der Waals surface area (Å²) in [6.45, 7) is 11.1. The Morgan fingerprint density at radius 1 is 1.03 bits per heavy atom. The molecule has 0 aliphatic rings. The molecular formula is C24H34FN3O4S. The number of nitrogens with one attached hydrogen (secondary N) is 1. The zero-order valence-electron chi connectivity index (χ0n) is 20.0. The summed E-state index contributed by atoms with van der Waals surface area (Å²) < 4.78 is 43.3. The summed E-state index contributed by atoms with van der Waals surface area (Å²) in [5.74, 6) is -0.332. The average Bonchev–Trinajstić information content (AvgIpc) is 2.76. The molecule has 33 heavy (non-hydrogen) atoms. The highest BCUT2D eigenvalue weighted by atomic mass is 32.2. The van der Waals surface area contributed by atoms with Gasteiger partial charge >= 0.3 is 16.1 Å². The van der Waals surface area contributed by atoms with Gasteiger partial charge in [0.05, 0.1) is 12.3 Å². The van der Waals surface area contributed by atoms with Crippen molar-refractivity contribution in [3.05, 3.63) is 59.4 Å². The molecule has 0 saturated heterocycles. The molecule has 2 amide bonds. The maximum Gasteiger partial charge on any atom is 0.318 e. The van der Waals surface area contributed by atoms with Crippen LogP contribution in [0, 0.1) is 5.82 Å². The molecule has 2 rings (SSSR count). The molecule has 0 radical (unpaired) electrons. The molecule has 0 atom stereocenters. The van der Waals surface area contributed by atoms with E-state index in [1.807, 2.05) is 33.8 Å². The van der Waals surface area contributed by atoms with E-state index in [2.05, 4.69) is 10.2 Å². The quantitative estimate of drug-likeness (QED) is 0.480. The van der Waals surface area contributed by atoms with Gasteiger partial charge in [-0.05, 0) is 58.4 Å². The Hall–Kier alpha value is -2.81. The smallest absolute Gasteiger partial charge is 0.318 e. The normalized spacial score (nSPS) is 11.4. The average molecular weight is 480 g/mol. The van der Waals surface area contributed by atoms with Crippen molar-refractivity contribution in [2.24, 2.45) is 0 Å². The van der Waals surface area contributed by atoms with Crippen molar-refractivity contribution in [1.29, 1.82) is 0 Å². The second-order valence-corrected chi connectivity index (χ2v) is 9.84. The fourth-order valence-electron chi connectivity index (χ4n) is 3.29. The number of amides is 2. The van der Waals surface area contributed by atoms with E-state index in [4.69, 9.17) is 4.18 Å². The summed E-state index contributed by atoms with van der Waals surface area (Å²) in [7, 11) is -3.77. The first-order chi connectivity index (χ1) is 15.6. The van der Waals surface area contributed by atoms with Gasteiger partial charge in [0.2, 0.25) is 0 Å². The minimum absolute atomic E-state index is 0.0885. The largest absolute Gasteiger partial charge is 0.382 e. The lowest BCUT2D eigenvalue weighted by atomic mass is 10.1. The first-order valence-corrected chi connectivity index (χ1v) is 12.8. The number of benzene rings is 2. The third-order valence-corrected chi connectivity index (χ3v) is 6.24. The number of hydrogen-bond acceptors (Lipinski definition) is 5. The molecule has 0 aliphatic carbocycles. The van der Waals surface area contributed by atoms with Crippen molar-refractivity contribution < 1.29 is 21.8 Å². The van der Waals surface area contributed by atoms with Crippen LogP contribution in [0.1, 0.15) is 45.7 Å². The molecule has 0 heterocycles. The molecule has 0 aliphatic heterocycles. The maximum atomic E-state index is 13.3. The highest BCUT2D eigenvalue weighted by Gasteiger charge is 2.21. The second kappa shape index (κ2) is 11.9. The van der Waals surface area contributed by atoms with E-state index in [0.717, 1.165) is 24.3 Å². The first kappa shape index (κ1) is 26.4. The molecule has 0 fully saturated rings. The van der Waals surface area contributed by atoms with E-state index in [0.29, 0.717) is 5.56 Å². The van der Waals surface area contributed by atoms with Crippen LogP contribution in [-0.4, -0.2) is 44.2 Å². The lowest BCUT2D eigenvalue weighted by Crippen LogP contribution is -2.42. The van der Waals surface area contributed by atoms with Gasteiger partial charge in [0.15, 0.2) is 0 Å². The summed E-state index contributed by atoms with van der Waals surface area (Å²) in [5, 5.41) is 2.87. The molecule has 0 aromatic heterocycles. The Morgan fingerprint density at radius 3 is 2.21 bits per heavy atom. The van der Waals surface area contributed by atoms with Crippen LogP contribution in [0.3, 0.4) is 0 Å². The van der Waals surface area contributed by atoms with Gasteiger partial charge in [0, 0.05) is 43.0 Å². The molecule has 7 nitrogen and oxygen atoms in total. The maximum absolute atomic E-state index is 13.3. The van der Waals surface area contributed by atoms with Crippen molar-refractivity contribution >= 4 is 21.8 Å².